The molecule has 92 valence electrons. The first-order chi connectivity index (χ1) is 8.36. The van der Waals surface area contributed by atoms with Gasteiger partial charge in [-0.05, 0) is 43.2 Å². The summed E-state index contributed by atoms with van der Waals surface area (Å²) in [6.07, 6.45) is 14.9. The van der Waals surface area contributed by atoms with Crippen LogP contribution in [0.5, 0.6) is 0 Å². The van der Waals surface area contributed by atoms with Crippen LogP contribution in [0.3, 0.4) is 0 Å². The van der Waals surface area contributed by atoms with Crippen LogP contribution in [0.15, 0.2) is 24.3 Å². The predicted molar refractivity (Wildman–Crippen MR) is 76.1 cm³/mol. The van der Waals surface area contributed by atoms with Crippen molar-refractivity contribution >= 4 is 0 Å². The number of aryl methyl sites for hydroxylation is 2. The zero-order chi connectivity index (χ0) is 12.3. The van der Waals surface area contributed by atoms with E-state index in [9.17, 15) is 0 Å². The Balaban J connectivity index is 2.27. The van der Waals surface area contributed by atoms with Gasteiger partial charge < -0.3 is 0 Å². The number of rotatable bonds is 8. The van der Waals surface area contributed by atoms with E-state index < -0.39 is 0 Å². The molecule has 0 unspecified atom stereocenters. The Hall–Kier alpha value is -1.22. The topological polar surface area (TPSA) is 0 Å². The van der Waals surface area contributed by atoms with Gasteiger partial charge in [0.1, 0.15) is 0 Å². The number of benzene rings is 1. The Kier molecular flexibility index (Phi) is 7.23. The average Bonchev–Trinajstić information content (AvgIpc) is 2.37. The van der Waals surface area contributed by atoms with E-state index in [1.54, 1.807) is 0 Å². The first-order valence-corrected chi connectivity index (χ1v) is 6.88. The molecule has 0 fully saturated rings. The molecule has 0 atom stereocenters. The molecule has 0 aromatic heterocycles. The molecule has 0 radical (unpaired) electrons. The fraction of sp³-hybridized carbons (Fsp3) is 0.529. The van der Waals surface area contributed by atoms with Gasteiger partial charge in [0, 0.05) is 6.42 Å². The molecular formula is C17H24. The van der Waals surface area contributed by atoms with E-state index in [2.05, 4.69) is 37.1 Å². The van der Waals surface area contributed by atoms with Gasteiger partial charge >= 0.3 is 0 Å². The molecule has 0 amide bonds. The van der Waals surface area contributed by atoms with E-state index in [1.807, 2.05) is 0 Å². The minimum Gasteiger partial charge on any atom is -0.120 e. The standard InChI is InChI=1S/C17H24/c1-3-5-7-9-11-17-14-12-16(13-15-17)10-8-6-4-2/h1,12-15H,4-11H2,2H3. The molecule has 0 nitrogen and oxygen atoms in total. The monoisotopic (exact) mass is 228 g/mol. The fourth-order valence-corrected chi connectivity index (χ4v) is 2.01. The molecule has 0 aliphatic rings. The van der Waals surface area contributed by atoms with Gasteiger partial charge in [-0.2, -0.15) is 0 Å². The van der Waals surface area contributed by atoms with Crippen molar-refractivity contribution in [2.45, 2.75) is 58.3 Å². The molecule has 1 aromatic carbocycles. The van der Waals surface area contributed by atoms with Crippen LogP contribution in [0.25, 0.3) is 0 Å². The molecule has 0 saturated carbocycles. The zero-order valence-corrected chi connectivity index (χ0v) is 11.0. The fourth-order valence-electron chi connectivity index (χ4n) is 2.01. The molecule has 17 heavy (non-hydrogen) atoms. The van der Waals surface area contributed by atoms with Gasteiger partial charge in [0.2, 0.25) is 0 Å². The average molecular weight is 228 g/mol. The second kappa shape index (κ2) is 8.88. The highest BCUT2D eigenvalue weighted by Gasteiger charge is 1.95. The third-order valence-corrected chi connectivity index (χ3v) is 3.13. The van der Waals surface area contributed by atoms with Crippen LogP contribution in [-0.4, -0.2) is 0 Å². The van der Waals surface area contributed by atoms with Crippen LogP contribution in [0.4, 0.5) is 0 Å². The molecule has 0 heterocycles. The van der Waals surface area contributed by atoms with E-state index in [1.165, 1.54) is 43.2 Å². The number of hydrogen-bond acceptors (Lipinski definition) is 0. The van der Waals surface area contributed by atoms with E-state index in [-0.39, 0.29) is 0 Å². The molecule has 0 heteroatoms. The number of unbranched alkanes of at least 4 members (excludes halogenated alkanes) is 4. The summed E-state index contributed by atoms with van der Waals surface area (Å²) in [5.41, 5.74) is 2.92. The molecule has 1 rings (SSSR count). The predicted octanol–water partition coefficient (Wildman–Crippen LogP) is 4.77. The summed E-state index contributed by atoms with van der Waals surface area (Å²) < 4.78 is 0. The highest BCUT2D eigenvalue weighted by molar-refractivity contribution is 5.22. The summed E-state index contributed by atoms with van der Waals surface area (Å²) in [4.78, 5) is 0. The highest BCUT2D eigenvalue weighted by Crippen LogP contribution is 2.11. The van der Waals surface area contributed by atoms with Crippen LogP contribution in [0.2, 0.25) is 0 Å². The van der Waals surface area contributed by atoms with E-state index in [0.29, 0.717) is 0 Å². The minimum atomic E-state index is 0.912. The maximum atomic E-state index is 5.24. The summed E-state index contributed by atoms with van der Waals surface area (Å²) in [5.74, 6) is 2.69. The first-order valence-electron chi connectivity index (χ1n) is 6.88. The van der Waals surface area contributed by atoms with Crippen LogP contribution in [-0.2, 0) is 12.8 Å². The Morgan fingerprint density at radius 2 is 1.41 bits per heavy atom. The zero-order valence-electron chi connectivity index (χ0n) is 11.0. The second-order valence-electron chi connectivity index (χ2n) is 4.68. The van der Waals surface area contributed by atoms with Crippen molar-refractivity contribution in [1.29, 1.82) is 0 Å². The van der Waals surface area contributed by atoms with E-state index >= 15 is 0 Å². The lowest BCUT2D eigenvalue weighted by Crippen LogP contribution is -1.89. The number of hydrogen-bond donors (Lipinski definition) is 0. The summed E-state index contributed by atoms with van der Waals surface area (Å²) >= 11 is 0. The maximum absolute atomic E-state index is 5.24. The lowest BCUT2D eigenvalue weighted by atomic mass is 10.0. The Morgan fingerprint density at radius 3 is 1.88 bits per heavy atom. The van der Waals surface area contributed by atoms with Gasteiger partial charge in [-0.1, -0.05) is 44.0 Å². The minimum absolute atomic E-state index is 0.912. The lowest BCUT2D eigenvalue weighted by Gasteiger charge is -2.03. The second-order valence-corrected chi connectivity index (χ2v) is 4.68. The van der Waals surface area contributed by atoms with Gasteiger partial charge in [-0.3, -0.25) is 0 Å². The van der Waals surface area contributed by atoms with Gasteiger partial charge in [0.15, 0.2) is 0 Å². The van der Waals surface area contributed by atoms with Crippen molar-refractivity contribution < 1.29 is 0 Å². The summed E-state index contributed by atoms with van der Waals surface area (Å²) in [6, 6.07) is 9.12. The van der Waals surface area contributed by atoms with Crippen molar-refractivity contribution in [3.63, 3.8) is 0 Å². The third-order valence-electron chi connectivity index (χ3n) is 3.13. The van der Waals surface area contributed by atoms with Crippen LogP contribution >= 0.6 is 0 Å². The van der Waals surface area contributed by atoms with Gasteiger partial charge in [-0.25, -0.2) is 0 Å². The first kappa shape index (κ1) is 13.8. The van der Waals surface area contributed by atoms with Gasteiger partial charge in [0.05, 0.1) is 0 Å². The van der Waals surface area contributed by atoms with Crippen LogP contribution < -0.4 is 0 Å². The van der Waals surface area contributed by atoms with Crippen molar-refractivity contribution in [1.82, 2.24) is 0 Å². The quantitative estimate of drug-likeness (QED) is 0.444. The largest absolute Gasteiger partial charge is 0.120 e. The Labute approximate surface area is 106 Å². The molecule has 0 bridgehead atoms. The molecule has 0 aliphatic heterocycles. The molecule has 0 aliphatic carbocycles. The van der Waals surface area contributed by atoms with Crippen LogP contribution in [0, 0.1) is 12.3 Å². The molecule has 0 spiro atoms. The van der Waals surface area contributed by atoms with Crippen molar-refractivity contribution in [3.8, 4) is 12.3 Å². The molecule has 0 saturated heterocycles. The maximum Gasteiger partial charge on any atom is 0.00861 e. The molecule has 0 N–H and O–H groups in total. The van der Waals surface area contributed by atoms with Crippen molar-refractivity contribution in [2.75, 3.05) is 0 Å². The summed E-state index contributed by atoms with van der Waals surface area (Å²) in [5, 5.41) is 0. The van der Waals surface area contributed by atoms with Crippen molar-refractivity contribution in [3.05, 3.63) is 35.4 Å². The Morgan fingerprint density at radius 1 is 0.882 bits per heavy atom. The van der Waals surface area contributed by atoms with Crippen molar-refractivity contribution in [2.24, 2.45) is 0 Å². The summed E-state index contributed by atoms with van der Waals surface area (Å²) in [6.45, 7) is 2.25. The normalized spacial score (nSPS) is 10.1. The summed E-state index contributed by atoms with van der Waals surface area (Å²) in [7, 11) is 0. The Bertz CT molecular complexity index is 326. The molecule has 1 aromatic rings. The third kappa shape index (κ3) is 6.17. The highest BCUT2D eigenvalue weighted by atomic mass is 14.0. The van der Waals surface area contributed by atoms with E-state index in [4.69, 9.17) is 6.42 Å². The smallest absolute Gasteiger partial charge is 0.00861 e. The van der Waals surface area contributed by atoms with Gasteiger partial charge in [-0.15, -0.1) is 12.3 Å². The van der Waals surface area contributed by atoms with E-state index in [0.717, 1.165) is 19.3 Å². The SMILES string of the molecule is C#CCCCCc1ccc(CCCCC)cc1. The molecular weight excluding hydrogens is 204 g/mol. The lowest BCUT2D eigenvalue weighted by molar-refractivity contribution is 0.716. The van der Waals surface area contributed by atoms with Crippen LogP contribution in [0.1, 0.15) is 56.6 Å². The number of terminal acetylenes is 1. The van der Waals surface area contributed by atoms with Gasteiger partial charge in [0.25, 0.3) is 0 Å².